The lowest BCUT2D eigenvalue weighted by atomic mass is 10.0. The number of carbonyl (C=O) groups is 1. The number of carbonyl (C=O) groups excluding carboxylic acids is 1. The molecular weight excluding hydrogens is 310 g/mol. The van der Waals surface area contributed by atoms with E-state index < -0.39 is 0 Å². The minimum Gasteiger partial charge on any atom is -0.361 e. The number of nitrogens with zero attached hydrogens (tertiary/aromatic N) is 2. The van der Waals surface area contributed by atoms with Crippen molar-refractivity contribution in [3.8, 4) is 11.1 Å². The number of aromatic amines is 1. The van der Waals surface area contributed by atoms with Gasteiger partial charge in [0.05, 0.1) is 11.9 Å². The highest BCUT2D eigenvalue weighted by Crippen LogP contribution is 2.32. The molecule has 2 aromatic carbocycles. The Morgan fingerprint density at radius 3 is 2.64 bits per heavy atom. The molecule has 4 heteroatoms. The van der Waals surface area contributed by atoms with E-state index in [2.05, 4.69) is 34.2 Å². The van der Waals surface area contributed by atoms with Gasteiger partial charge in [-0.1, -0.05) is 24.3 Å². The van der Waals surface area contributed by atoms with E-state index in [1.165, 1.54) is 0 Å². The number of amides is 1. The van der Waals surface area contributed by atoms with E-state index in [9.17, 15) is 4.79 Å². The summed E-state index contributed by atoms with van der Waals surface area (Å²) in [6.45, 7) is 1.56. The molecule has 4 aromatic rings. The molecule has 25 heavy (non-hydrogen) atoms. The van der Waals surface area contributed by atoms with E-state index in [4.69, 9.17) is 0 Å². The second kappa shape index (κ2) is 6.24. The number of fused-ring (bicyclic) bond motifs is 1. The molecule has 2 aromatic heterocycles. The van der Waals surface area contributed by atoms with Crippen molar-refractivity contribution in [2.24, 2.45) is 0 Å². The molecule has 0 saturated heterocycles. The van der Waals surface area contributed by atoms with Crippen LogP contribution in [0.5, 0.6) is 0 Å². The molecule has 0 aliphatic rings. The maximum atomic E-state index is 12.3. The van der Waals surface area contributed by atoms with Crippen LogP contribution >= 0.6 is 0 Å². The van der Waals surface area contributed by atoms with Crippen LogP contribution < -0.4 is 4.90 Å². The Labute approximate surface area is 145 Å². The Bertz CT molecular complexity index is 1040. The van der Waals surface area contributed by atoms with Crippen molar-refractivity contribution in [3.05, 3.63) is 79.3 Å². The third-order valence-electron chi connectivity index (χ3n) is 4.23. The normalized spacial score (nSPS) is 10.8. The summed E-state index contributed by atoms with van der Waals surface area (Å²) in [5, 5.41) is 1.16. The highest BCUT2D eigenvalue weighted by Gasteiger charge is 2.15. The van der Waals surface area contributed by atoms with Crippen molar-refractivity contribution in [1.29, 1.82) is 0 Å². The second-order valence-corrected chi connectivity index (χ2v) is 5.86. The van der Waals surface area contributed by atoms with E-state index in [0.717, 1.165) is 33.4 Å². The van der Waals surface area contributed by atoms with Crippen LogP contribution in [-0.4, -0.2) is 15.9 Å². The van der Waals surface area contributed by atoms with Gasteiger partial charge in [-0.15, -0.1) is 0 Å². The molecule has 4 rings (SSSR count). The van der Waals surface area contributed by atoms with E-state index in [0.29, 0.717) is 0 Å². The molecule has 0 saturated carbocycles. The van der Waals surface area contributed by atoms with Gasteiger partial charge in [-0.3, -0.25) is 14.7 Å². The number of hydrogen-bond acceptors (Lipinski definition) is 2. The van der Waals surface area contributed by atoms with Gasteiger partial charge in [0.15, 0.2) is 0 Å². The predicted molar refractivity (Wildman–Crippen MR) is 101 cm³/mol. The first kappa shape index (κ1) is 15.1. The molecule has 0 atom stereocenters. The summed E-state index contributed by atoms with van der Waals surface area (Å²) >= 11 is 0. The Hall–Kier alpha value is -3.40. The minimum absolute atomic E-state index is 0.0509. The largest absolute Gasteiger partial charge is 0.361 e. The lowest BCUT2D eigenvalue weighted by Crippen LogP contribution is -2.22. The quantitative estimate of drug-likeness (QED) is 0.581. The number of H-pyrrole nitrogens is 1. The summed E-state index contributed by atoms with van der Waals surface area (Å²) in [6.07, 6.45) is 5.33. The van der Waals surface area contributed by atoms with Crippen LogP contribution in [0.15, 0.2) is 79.3 Å². The topological polar surface area (TPSA) is 49.0 Å². The zero-order valence-corrected chi connectivity index (χ0v) is 13.8. The molecule has 1 N–H and O–H groups in total. The second-order valence-electron chi connectivity index (χ2n) is 5.86. The molecular formula is C21H17N3O. The predicted octanol–water partition coefficient (Wildman–Crippen LogP) is 4.91. The van der Waals surface area contributed by atoms with E-state index in [1.807, 2.05) is 42.6 Å². The lowest BCUT2D eigenvalue weighted by Gasteiger charge is -2.21. The summed E-state index contributed by atoms with van der Waals surface area (Å²) in [4.78, 5) is 21.3. The van der Waals surface area contributed by atoms with Crippen molar-refractivity contribution in [2.45, 2.75) is 6.92 Å². The van der Waals surface area contributed by atoms with Crippen LogP contribution in [0.3, 0.4) is 0 Å². The molecule has 2 heterocycles. The molecule has 0 fully saturated rings. The number of pyridine rings is 1. The SMILES string of the molecule is CC(=O)N(c1cccnc1)c1cccc(-c2cccc3[nH]ccc23)c1. The highest BCUT2D eigenvalue weighted by molar-refractivity contribution is 6.01. The highest BCUT2D eigenvalue weighted by atomic mass is 16.2. The third kappa shape index (κ3) is 2.78. The Morgan fingerprint density at radius 1 is 1.00 bits per heavy atom. The third-order valence-corrected chi connectivity index (χ3v) is 4.23. The Balaban J connectivity index is 1.84. The molecule has 4 nitrogen and oxygen atoms in total. The summed E-state index contributed by atoms with van der Waals surface area (Å²) in [5.41, 5.74) is 4.88. The number of anilines is 2. The fourth-order valence-corrected chi connectivity index (χ4v) is 3.15. The number of aromatic nitrogens is 2. The van der Waals surface area contributed by atoms with Gasteiger partial charge in [-0.2, -0.15) is 0 Å². The van der Waals surface area contributed by atoms with Crippen molar-refractivity contribution < 1.29 is 4.79 Å². The first-order valence-corrected chi connectivity index (χ1v) is 8.11. The van der Waals surface area contributed by atoms with Crippen LogP contribution in [0.25, 0.3) is 22.0 Å². The standard InChI is InChI=1S/C21H17N3O/c1-15(25)24(18-7-4-11-22-14-18)17-6-2-5-16(13-17)19-8-3-9-21-20(19)10-12-23-21/h2-14,23H,1H3. The first-order valence-electron chi connectivity index (χ1n) is 8.11. The zero-order valence-electron chi connectivity index (χ0n) is 13.8. The van der Waals surface area contributed by atoms with Gasteiger partial charge in [0.2, 0.25) is 5.91 Å². The van der Waals surface area contributed by atoms with Gasteiger partial charge < -0.3 is 4.98 Å². The lowest BCUT2D eigenvalue weighted by molar-refractivity contribution is -0.115. The van der Waals surface area contributed by atoms with Crippen molar-refractivity contribution in [1.82, 2.24) is 9.97 Å². The molecule has 0 radical (unpaired) electrons. The molecule has 0 aliphatic heterocycles. The maximum Gasteiger partial charge on any atom is 0.228 e. The summed E-state index contributed by atoms with van der Waals surface area (Å²) < 4.78 is 0. The number of nitrogens with one attached hydrogen (secondary N) is 1. The van der Waals surface area contributed by atoms with Crippen molar-refractivity contribution in [2.75, 3.05) is 4.90 Å². The summed E-state index contributed by atoms with van der Waals surface area (Å²) in [7, 11) is 0. The number of benzene rings is 2. The first-order chi connectivity index (χ1) is 12.2. The summed E-state index contributed by atoms with van der Waals surface area (Å²) in [6, 6.07) is 20.0. The van der Waals surface area contributed by atoms with Crippen molar-refractivity contribution >= 4 is 28.2 Å². The Morgan fingerprint density at radius 2 is 1.84 bits per heavy atom. The van der Waals surface area contributed by atoms with Gasteiger partial charge in [0.1, 0.15) is 0 Å². The monoisotopic (exact) mass is 327 g/mol. The smallest absolute Gasteiger partial charge is 0.228 e. The average Bonchev–Trinajstić information content (AvgIpc) is 3.11. The Kier molecular flexibility index (Phi) is 3.78. The average molecular weight is 327 g/mol. The van der Waals surface area contributed by atoms with Crippen molar-refractivity contribution in [3.63, 3.8) is 0 Å². The minimum atomic E-state index is -0.0509. The van der Waals surface area contributed by atoms with E-state index in [1.54, 1.807) is 24.2 Å². The molecule has 0 aliphatic carbocycles. The number of rotatable bonds is 3. The maximum absolute atomic E-state index is 12.3. The molecule has 0 unspecified atom stereocenters. The van der Waals surface area contributed by atoms with Gasteiger partial charge >= 0.3 is 0 Å². The van der Waals surface area contributed by atoms with Crippen LogP contribution in [-0.2, 0) is 4.79 Å². The number of hydrogen-bond donors (Lipinski definition) is 1. The van der Waals surface area contributed by atoms with Gasteiger partial charge in [0, 0.05) is 35.9 Å². The fraction of sp³-hybridized carbons (Fsp3) is 0.0476. The molecule has 0 bridgehead atoms. The summed E-state index contributed by atoms with van der Waals surface area (Å²) in [5.74, 6) is -0.0509. The van der Waals surface area contributed by atoms with Crippen LogP contribution in [0.1, 0.15) is 6.92 Å². The molecule has 0 spiro atoms. The van der Waals surface area contributed by atoms with E-state index in [-0.39, 0.29) is 5.91 Å². The van der Waals surface area contributed by atoms with Gasteiger partial charge in [0.25, 0.3) is 0 Å². The molecule has 122 valence electrons. The van der Waals surface area contributed by atoms with Crippen LogP contribution in [0, 0.1) is 0 Å². The van der Waals surface area contributed by atoms with Gasteiger partial charge in [-0.05, 0) is 47.5 Å². The molecule has 1 amide bonds. The van der Waals surface area contributed by atoms with Crippen LogP contribution in [0.4, 0.5) is 11.4 Å². The van der Waals surface area contributed by atoms with Crippen LogP contribution in [0.2, 0.25) is 0 Å². The van der Waals surface area contributed by atoms with E-state index >= 15 is 0 Å². The van der Waals surface area contributed by atoms with Gasteiger partial charge in [-0.25, -0.2) is 0 Å². The fourth-order valence-electron chi connectivity index (χ4n) is 3.15. The zero-order chi connectivity index (χ0) is 17.2.